The topological polar surface area (TPSA) is 29.5 Å². The maximum Gasteiger partial charge on any atom is 0.126 e. The Hall–Kier alpha value is -1.28. The maximum atomic E-state index is 9.46. The van der Waals surface area contributed by atoms with Gasteiger partial charge < -0.3 is 9.84 Å². The van der Waals surface area contributed by atoms with Crippen LogP contribution >= 0.6 is 0 Å². The summed E-state index contributed by atoms with van der Waals surface area (Å²) in [5.41, 5.74) is 2.32. The van der Waals surface area contributed by atoms with Gasteiger partial charge in [-0.1, -0.05) is 24.3 Å². The van der Waals surface area contributed by atoms with Gasteiger partial charge in [0.05, 0.1) is 12.7 Å². The second kappa shape index (κ2) is 4.49. The van der Waals surface area contributed by atoms with Crippen molar-refractivity contribution in [1.82, 2.24) is 0 Å². The molecule has 1 aliphatic carbocycles. The molecule has 0 heterocycles. The monoisotopic (exact) mass is 204 g/mol. The van der Waals surface area contributed by atoms with E-state index in [1.807, 2.05) is 31.2 Å². The van der Waals surface area contributed by atoms with E-state index in [1.165, 1.54) is 5.57 Å². The lowest BCUT2D eigenvalue weighted by atomic mass is 10.0. The van der Waals surface area contributed by atoms with Crippen molar-refractivity contribution in [3.8, 4) is 5.75 Å². The zero-order valence-corrected chi connectivity index (χ0v) is 8.94. The number of aliphatic hydroxyl groups excluding tert-OH is 1. The van der Waals surface area contributed by atoms with Gasteiger partial charge in [0, 0.05) is 5.56 Å². The molecule has 0 aromatic heterocycles. The first-order valence-corrected chi connectivity index (χ1v) is 5.42. The van der Waals surface area contributed by atoms with Crippen LogP contribution in [0.15, 0.2) is 30.3 Å². The van der Waals surface area contributed by atoms with Crippen LogP contribution in [0, 0.1) is 0 Å². The van der Waals surface area contributed by atoms with Crippen LogP contribution in [0.2, 0.25) is 0 Å². The Morgan fingerprint density at radius 2 is 2.20 bits per heavy atom. The summed E-state index contributed by atoms with van der Waals surface area (Å²) in [4.78, 5) is 0. The predicted octanol–water partition coefficient (Wildman–Crippen LogP) is 2.62. The molecule has 1 atom stereocenters. The summed E-state index contributed by atoms with van der Waals surface area (Å²) in [6, 6.07) is 8.00. The molecule has 1 N–H and O–H groups in total. The Kier molecular flexibility index (Phi) is 3.07. The third kappa shape index (κ3) is 2.21. The summed E-state index contributed by atoms with van der Waals surface area (Å²) in [7, 11) is 0. The fourth-order valence-corrected chi connectivity index (χ4v) is 1.94. The zero-order valence-electron chi connectivity index (χ0n) is 8.94. The molecule has 1 aliphatic rings. The maximum absolute atomic E-state index is 9.46. The van der Waals surface area contributed by atoms with Gasteiger partial charge >= 0.3 is 0 Å². The fraction of sp³-hybridized carbons (Fsp3) is 0.385. The molecule has 1 aromatic carbocycles. The van der Waals surface area contributed by atoms with E-state index in [1.54, 1.807) is 0 Å². The number of hydrogen-bond donors (Lipinski definition) is 1. The molecule has 0 fully saturated rings. The van der Waals surface area contributed by atoms with Crippen LogP contribution in [0.3, 0.4) is 0 Å². The largest absolute Gasteiger partial charge is 0.493 e. The highest BCUT2D eigenvalue weighted by Crippen LogP contribution is 2.33. The van der Waals surface area contributed by atoms with Gasteiger partial charge in [-0.05, 0) is 31.4 Å². The summed E-state index contributed by atoms with van der Waals surface area (Å²) >= 11 is 0. The summed E-state index contributed by atoms with van der Waals surface area (Å²) < 4.78 is 5.56. The summed E-state index contributed by atoms with van der Waals surface area (Å²) in [6.45, 7) is 2.65. The number of hydrogen-bond acceptors (Lipinski definition) is 2. The van der Waals surface area contributed by atoms with E-state index in [9.17, 15) is 5.11 Å². The first kappa shape index (κ1) is 10.2. The lowest BCUT2D eigenvalue weighted by molar-refractivity contribution is 0.223. The van der Waals surface area contributed by atoms with Crippen molar-refractivity contribution >= 4 is 5.57 Å². The molecule has 0 amide bonds. The lowest BCUT2D eigenvalue weighted by Gasteiger charge is -2.10. The Balaban J connectivity index is 2.30. The highest BCUT2D eigenvalue weighted by atomic mass is 16.5. The van der Waals surface area contributed by atoms with Crippen LogP contribution in [-0.2, 0) is 0 Å². The standard InChI is InChI=1S/C13H16O2/c1-2-15-13-6-4-3-5-12(13)10-7-8-11(14)9-10/h3-6,9,11,14H,2,7-8H2,1H3. The Morgan fingerprint density at radius 1 is 1.40 bits per heavy atom. The number of para-hydroxylation sites is 1. The van der Waals surface area contributed by atoms with E-state index in [4.69, 9.17) is 4.74 Å². The molecule has 0 radical (unpaired) electrons. The van der Waals surface area contributed by atoms with E-state index in [2.05, 4.69) is 6.07 Å². The molecule has 2 rings (SSSR count). The molecule has 0 aliphatic heterocycles. The first-order valence-electron chi connectivity index (χ1n) is 5.42. The highest BCUT2D eigenvalue weighted by molar-refractivity contribution is 5.72. The van der Waals surface area contributed by atoms with Crippen LogP contribution < -0.4 is 4.74 Å². The van der Waals surface area contributed by atoms with Gasteiger partial charge in [0.25, 0.3) is 0 Å². The quantitative estimate of drug-likeness (QED) is 0.820. The van der Waals surface area contributed by atoms with Gasteiger partial charge in [-0.3, -0.25) is 0 Å². The number of aliphatic hydroxyl groups is 1. The summed E-state index contributed by atoms with van der Waals surface area (Å²) in [5.74, 6) is 0.917. The fourth-order valence-electron chi connectivity index (χ4n) is 1.94. The van der Waals surface area contributed by atoms with Crippen molar-refractivity contribution in [2.75, 3.05) is 6.61 Å². The first-order chi connectivity index (χ1) is 7.31. The number of benzene rings is 1. The zero-order chi connectivity index (χ0) is 10.7. The molecule has 15 heavy (non-hydrogen) atoms. The van der Waals surface area contributed by atoms with Crippen molar-refractivity contribution < 1.29 is 9.84 Å². The minimum atomic E-state index is -0.283. The van der Waals surface area contributed by atoms with Crippen molar-refractivity contribution in [3.63, 3.8) is 0 Å². The third-order valence-electron chi connectivity index (χ3n) is 2.64. The van der Waals surface area contributed by atoms with Gasteiger partial charge in [-0.25, -0.2) is 0 Å². The summed E-state index contributed by atoms with van der Waals surface area (Å²) in [5, 5.41) is 9.46. The molecule has 2 nitrogen and oxygen atoms in total. The molecule has 0 spiro atoms. The van der Waals surface area contributed by atoms with E-state index in [0.29, 0.717) is 6.61 Å². The average Bonchev–Trinajstić information content (AvgIpc) is 2.66. The number of rotatable bonds is 3. The van der Waals surface area contributed by atoms with Gasteiger partial charge in [0.2, 0.25) is 0 Å². The third-order valence-corrected chi connectivity index (χ3v) is 2.64. The van der Waals surface area contributed by atoms with Gasteiger partial charge in [-0.15, -0.1) is 0 Å². The smallest absolute Gasteiger partial charge is 0.126 e. The van der Waals surface area contributed by atoms with Crippen LogP contribution in [-0.4, -0.2) is 17.8 Å². The molecule has 80 valence electrons. The molecule has 2 heteroatoms. The Morgan fingerprint density at radius 3 is 2.87 bits per heavy atom. The van der Waals surface area contributed by atoms with E-state index in [0.717, 1.165) is 24.2 Å². The van der Waals surface area contributed by atoms with E-state index >= 15 is 0 Å². The summed E-state index contributed by atoms with van der Waals surface area (Å²) in [6.07, 6.45) is 3.41. The van der Waals surface area contributed by atoms with Crippen LogP contribution in [0.25, 0.3) is 5.57 Å². The molecule has 0 saturated carbocycles. The molecule has 0 saturated heterocycles. The minimum absolute atomic E-state index is 0.283. The molecular formula is C13H16O2. The average molecular weight is 204 g/mol. The van der Waals surface area contributed by atoms with Crippen LogP contribution in [0.4, 0.5) is 0 Å². The van der Waals surface area contributed by atoms with Crippen molar-refractivity contribution in [3.05, 3.63) is 35.9 Å². The molecule has 1 unspecified atom stereocenters. The van der Waals surface area contributed by atoms with Crippen molar-refractivity contribution in [1.29, 1.82) is 0 Å². The second-order valence-electron chi connectivity index (χ2n) is 3.73. The van der Waals surface area contributed by atoms with Gasteiger partial charge in [-0.2, -0.15) is 0 Å². The van der Waals surface area contributed by atoms with Gasteiger partial charge in [0.1, 0.15) is 5.75 Å². The predicted molar refractivity (Wildman–Crippen MR) is 60.8 cm³/mol. The number of allylic oxidation sites excluding steroid dienone is 1. The molecular weight excluding hydrogens is 188 g/mol. The van der Waals surface area contributed by atoms with Crippen LogP contribution in [0.5, 0.6) is 5.75 Å². The molecule has 1 aromatic rings. The normalized spacial score (nSPS) is 20.1. The van der Waals surface area contributed by atoms with Crippen molar-refractivity contribution in [2.24, 2.45) is 0 Å². The van der Waals surface area contributed by atoms with E-state index < -0.39 is 0 Å². The highest BCUT2D eigenvalue weighted by Gasteiger charge is 2.16. The van der Waals surface area contributed by atoms with E-state index in [-0.39, 0.29) is 6.10 Å². The number of ether oxygens (including phenoxy) is 1. The van der Waals surface area contributed by atoms with Crippen molar-refractivity contribution in [2.45, 2.75) is 25.9 Å². The minimum Gasteiger partial charge on any atom is -0.493 e. The molecule has 0 bridgehead atoms. The Labute approximate surface area is 90.2 Å². The SMILES string of the molecule is CCOc1ccccc1C1=CC(O)CC1. The Bertz CT molecular complexity index is 369. The second-order valence-corrected chi connectivity index (χ2v) is 3.73. The van der Waals surface area contributed by atoms with Gasteiger partial charge in [0.15, 0.2) is 0 Å². The van der Waals surface area contributed by atoms with Crippen LogP contribution in [0.1, 0.15) is 25.3 Å². The lowest BCUT2D eigenvalue weighted by Crippen LogP contribution is -1.95.